The van der Waals surface area contributed by atoms with Crippen LogP contribution in [0.1, 0.15) is 12.6 Å². The molecule has 0 bridgehead atoms. The minimum Gasteiger partial charge on any atom is -0.395 e. The van der Waals surface area contributed by atoms with E-state index in [-0.39, 0.29) is 0 Å². The van der Waals surface area contributed by atoms with E-state index < -0.39 is 0 Å². The number of nitrogens with two attached hydrogens (primary N) is 1. The van der Waals surface area contributed by atoms with Gasteiger partial charge in [0.25, 0.3) is 0 Å². The Morgan fingerprint density at radius 3 is 1.51 bits per heavy atom. The van der Waals surface area contributed by atoms with Gasteiger partial charge in [0.05, 0.1) is 56.0 Å². The summed E-state index contributed by atoms with van der Waals surface area (Å²) < 4.78 is 6.97. The van der Waals surface area contributed by atoms with E-state index in [2.05, 4.69) is 201 Å². The maximum Gasteiger partial charge on any atom is 0.112 e. The first-order valence-electron chi connectivity index (χ1n) is 21.3. The van der Waals surface area contributed by atoms with Crippen molar-refractivity contribution in [2.24, 2.45) is 0 Å². The first-order valence-corrected chi connectivity index (χ1v) is 21.3. The van der Waals surface area contributed by atoms with Crippen molar-refractivity contribution in [3.63, 3.8) is 0 Å². The Morgan fingerprint density at radius 2 is 0.921 bits per heavy atom. The second-order valence-corrected chi connectivity index (χ2v) is 16.0. The molecule has 63 heavy (non-hydrogen) atoms. The Morgan fingerprint density at radius 1 is 0.413 bits per heavy atom. The zero-order valence-corrected chi connectivity index (χ0v) is 34.5. The van der Waals surface area contributed by atoms with Crippen LogP contribution in [-0.4, -0.2) is 23.7 Å². The van der Waals surface area contributed by atoms with Gasteiger partial charge in [-0.25, -0.2) is 4.98 Å². The predicted octanol–water partition coefficient (Wildman–Crippen LogP) is 14.2. The summed E-state index contributed by atoms with van der Waals surface area (Å²) in [5.41, 5.74) is 24.2. The molecule has 0 unspecified atom stereocenters. The van der Waals surface area contributed by atoms with E-state index in [1.54, 1.807) is 6.20 Å². The van der Waals surface area contributed by atoms with Crippen LogP contribution in [0, 0.1) is 0 Å². The van der Waals surface area contributed by atoms with E-state index >= 15 is 0 Å². The fraction of sp³-hybridized carbons (Fsp3) is 0.0175. The summed E-state index contributed by atoms with van der Waals surface area (Å²) in [6.45, 7) is 2.01. The molecule has 6 nitrogen and oxygen atoms in total. The number of anilines is 1. The lowest BCUT2D eigenvalue weighted by Gasteiger charge is -2.14. The van der Waals surface area contributed by atoms with Crippen LogP contribution < -0.4 is 5.73 Å². The van der Waals surface area contributed by atoms with Crippen molar-refractivity contribution < 1.29 is 0 Å². The van der Waals surface area contributed by atoms with Crippen LogP contribution >= 0.6 is 0 Å². The molecule has 0 saturated carbocycles. The summed E-state index contributed by atoms with van der Waals surface area (Å²) in [7, 11) is 0. The third-order valence-electron chi connectivity index (χ3n) is 12.4. The van der Waals surface area contributed by atoms with Crippen molar-refractivity contribution in [1.29, 1.82) is 0 Å². The molecule has 0 amide bonds. The van der Waals surface area contributed by atoms with E-state index in [0.717, 1.165) is 89.5 Å². The van der Waals surface area contributed by atoms with Gasteiger partial charge in [-0.3, -0.25) is 4.98 Å². The van der Waals surface area contributed by atoms with Crippen molar-refractivity contribution in [2.45, 2.75) is 6.92 Å². The van der Waals surface area contributed by atoms with E-state index in [0.29, 0.717) is 5.69 Å². The quantitative estimate of drug-likeness (QED) is 0.174. The summed E-state index contributed by atoms with van der Waals surface area (Å²) in [6.07, 6.45) is 5.88. The van der Waals surface area contributed by atoms with Crippen molar-refractivity contribution in [3.05, 3.63) is 212 Å². The van der Waals surface area contributed by atoms with Crippen LogP contribution in [0.2, 0.25) is 0 Å². The Hall–Kier alpha value is -8.48. The molecule has 6 heteroatoms. The minimum absolute atomic E-state index is 0.674. The standard InChI is InChI=1S/C57H40N6/c1-2-15-54-56(58)57-55(26-14-31-59-57)62(54)42-21-13-20-41(34-42)61-50-24-11-9-22-44(50)46-32-39(27-29-52(46)61)40-28-30-53-47(33-40)45-23-10-12-25-51(45)63(53)43-35-48(37-16-5-3-6-17-37)60-49(36-43)38-18-7-4-8-19-38/h2-36H,58H2,1H3/b15-2-. The normalized spacial score (nSPS) is 11.9. The van der Waals surface area contributed by atoms with Crippen LogP contribution in [0.25, 0.3) is 111 Å². The molecule has 5 aromatic heterocycles. The number of nitrogens with zero attached hydrogens (tertiary/aromatic N) is 5. The topological polar surface area (TPSA) is 66.6 Å². The molecule has 12 aromatic rings. The van der Waals surface area contributed by atoms with Gasteiger partial charge in [-0.15, -0.1) is 0 Å². The first kappa shape index (κ1) is 36.4. The zero-order valence-electron chi connectivity index (χ0n) is 34.5. The third kappa shape index (κ3) is 5.87. The number of fused-ring (bicyclic) bond motifs is 7. The number of aromatic nitrogens is 5. The summed E-state index contributed by atoms with van der Waals surface area (Å²) in [6, 6.07) is 69.3. The highest BCUT2D eigenvalue weighted by atomic mass is 15.0. The van der Waals surface area contributed by atoms with Crippen LogP contribution in [0.5, 0.6) is 0 Å². The van der Waals surface area contributed by atoms with Gasteiger partial charge < -0.3 is 19.4 Å². The van der Waals surface area contributed by atoms with E-state index in [1.807, 2.05) is 31.2 Å². The van der Waals surface area contributed by atoms with E-state index in [4.69, 9.17) is 10.7 Å². The Labute approximate surface area is 364 Å². The number of para-hydroxylation sites is 2. The lowest BCUT2D eigenvalue weighted by molar-refractivity contribution is 1.09. The summed E-state index contributed by atoms with van der Waals surface area (Å²) in [4.78, 5) is 9.82. The zero-order chi connectivity index (χ0) is 42.0. The molecule has 0 aliphatic carbocycles. The highest BCUT2D eigenvalue weighted by Crippen LogP contribution is 2.40. The van der Waals surface area contributed by atoms with Crippen LogP contribution in [-0.2, 0) is 0 Å². The van der Waals surface area contributed by atoms with Crippen LogP contribution in [0.15, 0.2) is 206 Å². The highest BCUT2D eigenvalue weighted by Gasteiger charge is 2.20. The fourth-order valence-electron chi connectivity index (χ4n) is 9.55. The minimum atomic E-state index is 0.674. The predicted molar refractivity (Wildman–Crippen MR) is 263 cm³/mol. The number of pyridine rings is 2. The molecule has 0 saturated heterocycles. The molecule has 0 aliphatic heterocycles. The van der Waals surface area contributed by atoms with Crippen molar-refractivity contribution in [3.8, 4) is 50.7 Å². The van der Waals surface area contributed by atoms with Gasteiger partial charge in [0.1, 0.15) is 5.52 Å². The van der Waals surface area contributed by atoms with Crippen molar-refractivity contribution in [2.75, 3.05) is 5.73 Å². The molecule has 12 rings (SSSR count). The van der Waals surface area contributed by atoms with Gasteiger partial charge in [0.15, 0.2) is 0 Å². The maximum atomic E-state index is 6.70. The second kappa shape index (κ2) is 14.6. The second-order valence-electron chi connectivity index (χ2n) is 16.0. The van der Waals surface area contributed by atoms with Crippen molar-refractivity contribution in [1.82, 2.24) is 23.7 Å². The van der Waals surface area contributed by atoms with Crippen LogP contribution in [0.4, 0.5) is 5.69 Å². The number of rotatable bonds is 7. The van der Waals surface area contributed by atoms with Gasteiger partial charge in [0, 0.05) is 50.2 Å². The van der Waals surface area contributed by atoms with E-state index in [1.165, 1.54) is 21.5 Å². The van der Waals surface area contributed by atoms with Crippen molar-refractivity contribution >= 4 is 66.4 Å². The molecule has 7 aromatic carbocycles. The molecular formula is C57H40N6. The first-order chi connectivity index (χ1) is 31.1. The molecule has 0 fully saturated rings. The average molecular weight is 809 g/mol. The Balaban J connectivity index is 1.00. The average Bonchev–Trinajstić information content (AvgIpc) is 3.96. The fourth-order valence-corrected chi connectivity index (χ4v) is 9.55. The number of hydrogen-bond acceptors (Lipinski definition) is 3. The Kier molecular flexibility index (Phi) is 8.44. The molecule has 0 radical (unpaired) electrons. The van der Waals surface area contributed by atoms with Gasteiger partial charge in [-0.05, 0) is 103 Å². The van der Waals surface area contributed by atoms with Gasteiger partial charge in [-0.2, -0.15) is 0 Å². The Bertz CT molecular complexity index is 3700. The number of allylic oxidation sites excluding steroid dienone is 1. The lowest BCUT2D eigenvalue weighted by atomic mass is 10.0. The van der Waals surface area contributed by atoms with Gasteiger partial charge in [-0.1, -0.05) is 121 Å². The molecule has 2 N–H and O–H groups in total. The number of hydrogen-bond donors (Lipinski definition) is 1. The summed E-state index contributed by atoms with van der Waals surface area (Å²) >= 11 is 0. The third-order valence-corrected chi connectivity index (χ3v) is 12.4. The van der Waals surface area contributed by atoms with Crippen LogP contribution in [0.3, 0.4) is 0 Å². The summed E-state index contributed by atoms with van der Waals surface area (Å²) in [5, 5.41) is 4.81. The van der Waals surface area contributed by atoms with Gasteiger partial charge in [0.2, 0.25) is 0 Å². The molecule has 0 aliphatic rings. The smallest absolute Gasteiger partial charge is 0.112 e. The molecule has 0 spiro atoms. The SMILES string of the molecule is C/C=C\c1c(N)c2ncccc2n1-c1cccc(-n2c3ccccc3c3cc(-c4ccc5c(c4)c4ccccc4n5-c4cc(-c5ccccc5)nc(-c5ccccc5)c4)ccc32)c1. The monoisotopic (exact) mass is 808 g/mol. The number of nitrogen functional groups attached to an aromatic ring is 1. The lowest BCUT2D eigenvalue weighted by Crippen LogP contribution is -2.00. The molecule has 298 valence electrons. The number of benzene rings is 7. The van der Waals surface area contributed by atoms with E-state index in [9.17, 15) is 0 Å². The molecule has 5 heterocycles. The molecular weight excluding hydrogens is 769 g/mol. The largest absolute Gasteiger partial charge is 0.395 e. The van der Waals surface area contributed by atoms with Gasteiger partial charge >= 0.3 is 0 Å². The highest BCUT2D eigenvalue weighted by molar-refractivity contribution is 6.13. The summed E-state index contributed by atoms with van der Waals surface area (Å²) in [5.74, 6) is 0. The maximum absolute atomic E-state index is 6.70. The molecule has 0 atom stereocenters.